The van der Waals surface area contributed by atoms with Gasteiger partial charge in [0.2, 0.25) is 0 Å². The number of ether oxygens (including phenoxy) is 1. The van der Waals surface area contributed by atoms with Gasteiger partial charge in [0.15, 0.2) is 5.54 Å². The zero-order valence-corrected chi connectivity index (χ0v) is 18.9. The van der Waals surface area contributed by atoms with E-state index >= 15 is 0 Å². The minimum absolute atomic E-state index is 0.193. The maximum absolute atomic E-state index is 13.1. The number of nitrogens with zero attached hydrogens (tertiary/aromatic N) is 1. The predicted molar refractivity (Wildman–Crippen MR) is 125 cm³/mol. The first kappa shape index (κ1) is 22.3. The van der Waals surface area contributed by atoms with Crippen LogP contribution in [-0.2, 0) is 16.9 Å². The van der Waals surface area contributed by atoms with Crippen molar-refractivity contribution in [1.82, 2.24) is 5.32 Å². The van der Waals surface area contributed by atoms with E-state index in [1.807, 2.05) is 6.92 Å². The summed E-state index contributed by atoms with van der Waals surface area (Å²) in [6.45, 7) is 2.02. The molecule has 1 fully saturated rings. The molecule has 1 amide bonds. The number of nitro groups is 1. The minimum atomic E-state index is -1.48. The molecule has 1 spiro atoms. The largest absolute Gasteiger partial charge is 0.487 e. The van der Waals surface area contributed by atoms with Crippen LogP contribution in [0.2, 0.25) is 5.02 Å². The maximum atomic E-state index is 13.1. The topological polar surface area (TPSA) is 93.5 Å². The third-order valence-corrected chi connectivity index (χ3v) is 6.91. The van der Waals surface area contributed by atoms with E-state index in [0.717, 1.165) is 5.56 Å². The number of rotatable bonds is 5. The Balaban J connectivity index is 1.46. The zero-order valence-electron chi connectivity index (χ0n) is 18.1. The number of carbonyl (C=O) groups is 1. The number of amides is 1. The molecule has 174 valence electrons. The first-order chi connectivity index (χ1) is 16.3. The average Bonchev–Trinajstić information content (AvgIpc) is 3.28. The molecule has 4 atom stereocenters. The molecule has 9 heteroatoms. The first-order valence-corrected chi connectivity index (χ1v) is 11.2. The Morgan fingerprint density at radius 3 is 2.59 bits per heavy atom. The quantitative estimate of drug-likeness (QED) is 0.409. The van der Waals surface area contributed by atoms with E-state index in [0.29, 0.717) is 27.6 Å². The Labute approximate surface area is 200 Å². The second kappa shape index (κ2) is 8.38. The number of benzene rings is 3. The van der Waals surface area contributed by atoms with Crippen molar-refractivity contribution in [3.05, 3.63) is 104 Å². The van der Waals surface area contributed by atoms with Gasteiger partial charge in [-0.15, -0.1) is 0 Å². The van der Waals surface area contributed by atoms with Crippen molar-refractivity contribution in [2.45, 2.75) is 37.1 Å². The van der Waals surface area contributed by atoms with Crippen molar-refractivity contribution in [3.63, 3.8) is 0 Å². The predicted octanol–water partition coefficient (Wildman–Crippen LogP) is 4.63. The van der Waals surface area contributed by atoms with E-state index < -0.39 is 23.4 Å². The monoisotopic (exact) mass is 481 g/mol. The molecule has 0 aromatic heterocycles. The first-order valence-electron chi connectivity index (χ1n) is 10.8. The van der Waals surface area contributed by atoms with E-state index in [1.54, 1.807) is 54.6 Å². The molecule has 2 heterocycles. The fraction of sp³-hybridized carbons (Fsp3) is 0.240. The van der Waals surface area contributed by atoms with Gasteiger partial charge in [-0.25, -0.2) is 4.39 Å². The molecule has 3 aromatic rings. The number of para-hydroxylation sites is 1. The van der Waals surface area contributed by atoms with Gasteiger partial charge in [0.1, 0.15) is 18.2 Å². The fourth-order valence-electron chi connectivity index (χ4n) is 5.14. The Hall–Kier alpha value is -3.49. The molecular weight excluding hydrogens is 461 g/mol. The van der Waals surface area contributed by atoms with Crippen molar-refractivity contribution in [1.29, 1.82) is 0 Å². The van der Waals surface area contributed by atoms with Crippen LogP contribution < -0.4 is 15.4 Å². The van der Waals surface area contributed by atoms with Crippen LogP contribution in [0.5, 0.6) is 5.75 Å². The third kappa shape index (κ3) is 3.50. The highest BCUT2D eigenvalue weighted by Crippen LogP contribution is 2.50. The van der Waals surface area contributed by atoms with Crippen molar-refractivity contribution in [3.8, 4) is 5.75 Å². The highest BCUT2D eigenvalue weighted by molar-refractivity contribution is 6.32. The van der Waals surface area contributed by atoms with Crippen LogP contribution in [0.1, 0.15) is 29.5 Å². The van der Waals surface area contributed by atoms with Gasteiger partial charge >= 0.3 is 0 Å². The molecule has 0 bridgehead atoms. The summed E-state index contributed by atoms with van der Waals surface area (Å²) in [6.07, 6.45) is 0. The van der Waals surface area contributed by atoms with Crippen molar-refractivity contribution in [2.75, 3.05) is 5.32 Å². The highest BCUT2D eigenvalue weighted by Gasteiger charge is 2.67. The second-order valence-corrected chi connectivity index (χ2v) is 9.01. The molecule has 2 aliphatic heterocycles. The molecule has 0 aliphatic carbocycles. The number of hydrogen-bond donors (Lipinski definition) is 2. The lowest BCUT2D eigenvalue weighted by Crippen LogP contribution is -2.54. The number of hydrogen-bond acceptors (Lipinski definition) is 5. The molecule has 0 saturated carbocycles. The van der Waals surface area contributed by atoms with Gasteiger partial charge in [-0.2, -0.15) is 0 Å². The summed E-state index contributed by atoms with van der Waals surface area (Å²) in [7, 11) is 0. The summed E-state index contributed by atoms with van der Waals surface area (Å²) >= 11 is 6.48. The molecule has 2 N–H and O–H groups in total. The Bertz CT molecular complexity index is 1290. The molecule has 7 nitrogen and oxygen atoms in total. The van der Waals surface area contributed by atoms with Crippen LogP contribution in [0, 0.1) is 15.9 Å². The minimum Gasteiger partial charge on any atom is -0.487 e. The SMILES string of the molecule is C[C@@H]1N[C@]2(C(=O)Nc3ccccc32)[C@H]([N+](=O)[O-])[C@@H]1c1ccc(OCc2ccc(F)cc2)c(Cl)c1. The fourth-order valence-corrected chi connectivity index (χ4v) is 5.38. The second-order valence-electron chi connectivity index (χ2n) is 8.60. The number of nitrogens with one attached hydrogen (secondary N) is 2. The Kier molecular flexibility index (Phi) is 5.50. The summed E-state index contributed by atoms with van der Waals surface area (Å²) < 4.78 is 18.9. The summed E-state index contributed by atoms with van der Waals surface area (Å²) in [4.78, 5) is 25.1. The van der Waals surface area contributed by atoms with E-state index in [4.69, 9.17) is 16.3 Å². The van der Waals surface area contributed by atoms with Crippen molar-refractivity contribution < 1.29 is 18.8 Å². The molecule has 0 unspecified atom stereocenters. The van der Waals surface area contributed by atoms with Crippen LogP contribution in [0.25, 0.3) is 0 Å². The van der Waals surface area contributed by atoms with Gasteiger partial charge in [-0.1, -0.05) is 48.0 Å². The highest BCUT2D eigenvalue weighted by atomic mass is 35.5. The normalized spacial score (nSPS) is 25.3. The van der Waals surface area contributed by atoms with E-state index in [1.165, 1.54) is 12.1 Å². The molecule has 1 saturated heterocycles. The molecular formula is C25H21ClFN3O4. The summed E-state index contributed by atoms with van der Waals surface area (Å²) in [5.74, 6) is -0.975. The van der Waals surface area contributed by atoms with Gasteiger partial charge in [0, 0.05) is 22.2 Å². The van der Waals surface area contributed by atoms with Gasteiger partial charge in [0.05, 0.1) is 10.9 Å². The number of carbonyl (C=O) groups excluding carboxylic acids is 1. The van der Waals surface area contributed by atoms with Crippen molar-refractivity contribution >= 4 is 23.2 Å². The van der Waals surface area contributed by atoms with Crippen LogP contribution >= 0.6 is 11.6 Å². The zero-order chi connectivity index (χ0) is 24.0. The van der Waals surface area contributed by atoms with Crippen LogP contribution in [0.15, 0.2) is 66.7 Å². The van der Waals surface area contributed by atoms with Crippen molar-refractivity contribution in [2.24, 2.45) is 0 Å². The number of fused-ring (bicyclic) bond motifs is 2. The summed E-state index contributed by atoms with van der Waals surface area (Å²) in [5, 5.41) is 18.7. The maximum Gasteiger partial charge on any atom is 0.256 e. The Morgan fingerprint density at radius 1 is 1.15 bits per heavy atom. The van der Waals surface area contributed by atoms with Crippen LogP contribution in [0.4, 0.5) is 10.1 Å². The van der Waals surface area contributed by atoms with Gasteiger partial charge in [-0.3, -0.25) is 20.2 Å². The molecule has 3 aromatic carbocycles. The Morgan fingerprint density at radius 2 is 1.88 bits per heavy atom. The van der Waals surface area contributed by atoms with E-state index in [9.17, 15) is 19.3 Å². The van der Waals surface area contributed by atoms with Crippen LogP contribution in [0.3, 0.4) is 0 Å². The van der Waals surface area contributed by atoms with Gasteiger partial charge < -0.3 is 10.1 Å². The van der Waals surface area contributed by atoms with Crippen LogP contribution in [-0.4, -0.2) is 22.9 Å². The standard InChI is InChI=1S/C25H21ClFN3O4/c1-14-22(16-8-11-21(19(26)12-16)34-13-15-6-9-17(27)10-7-15)23(30(32)33)25(29-14)18-4-2-3-5-20(18)28-24(25)31/h2-12,14,22-23,29H,13H2,1H3,(H,28,31)/t14-,22-,23+,25-/m0/s1. The van der Waals surface area contributed by atoms with E-state index in [-0.39, 0.29) is 23.4 Å². The average molecular weight is 482 g/mol. The smallest absolute Gasteiger partial charge is 0.256 e. The van der Waals surface area contributed by atoms with Gasteiger partial charge in [0.25, 0.3) is 11.9 Å². The number of anilines is 1. The van der Waals surface area contributed by atoms with Gasteiger partial charge in [-0.05, 0) is 48.4 Å². The summed E-state index contributed by atoms with van der Waals surface area (Å²) in [5.41, 5.74) is 1.07. The molecule has 2 aliphatic rings. The number of halogens is 2. The third-order valence-electron chi connectivity index (χ3n) is 6.61. The lowest BCUT2D eigenvalue weighted by molar-refractivity contribution is -0.532. The lowest BCUT2D eigenvalue weighted by Gasteiger charge is -2.25. The molecule has 0 radical (unpaired) electrons. The van der Waals surface area contributed by atoms with E-state index in [2.05, 4.69) is 10.6 Å². The lowest BCUT2D eigenvalue weighted by atomic mass is 9.78. The summed E-state index contributed by atoms with van der Waals surface area (Å²) in [6, 6.07) is 16.4. The molecule has 34 heavy (non-hydrogen) atoms. The molecule has 5 rings (SSSR count).